The molecule has 0 amide bonds. The molecule has 1 heterocycles. The third kappa shape index (κ3) is 3.03. The Morgan fingerprint density at radius 2 is 1.80 bits per heavy atom. The van der Waals surface area contributed by atoms with E-state index in [4.69, 9.17) is 9.47 Å². The molecule has 0 radical (unpaired) electrons. The number of aromatic nitrogens is 2. The SMILES string of the molecule is COc1ccc(C(=O)Cn2nc(OC)ccc2=O)cc1. The van der Waals surface area contributed by atoms with E-state index in [1.54, 1.807) is 31.4 Å². The van der Waals surface area contributed by atoms with Crippen molar-refractivity contribution >= 4 is 5.78 Å². The Morgan fingerprint density at radius 3 is 2.40 bits per heavy atom. The number of hydrogen-bond donors (Lipinski definition) is 0. The molecule has 1 aromatic heterocycles. The summed E-state index contributed by atoms with van der Waals surface area (Å²) in [4.78, 5) is 23.7. The van der Waals surface area contributed by atoms with Crippen molar-refractivity contribution in [1.82, 2.24) is 9.78 Å². The topological polar surface area (TPSA) is 70.4 Å². The second kappa shape index (κ2) is 6.01. The van der Waals surface area contributed by atoms with Gasteiger partial charge in [-0.15, -0.1) is 5.10 Å². The van der Waals surface area contributed by atoms with Gasteiger partial charge in [0.25, 0.3) is 5.56 Å². The molecular weight excluding hydrogens is 260 g/mol. The van der Waals surface area contributed by atoms with Gasteiger partial charge < -0.3 is 9.47 Å². The summed E-state index contributed by atoms with van der Waals surface area (Å²) in [6, 6.07) is 9.44. The first kappa shape index (κ1) is 13.8. The van der Waals surface area contributed by atoms with E-state index < -0.39 is 0 Å². The van der Waals surface area contributed by atoms with Gasteiger partial charge in [0.15, 0.2) is 5.78 Å². The van der Waals surface area contributed by atoms with E-state index in [1.807, 2.05) is 0 Å². The molecule has 0 aliphatic heterocycles. The normalized spacial score (nSPS) is 10.1. The third-order valence-corrected chi connectivity index (χ3v) is 2.76. The molecule has 0 unspecified atom stereocenters. The van der Waals surface area contributed by atoms with Gasteiger partial charge in [-0.3, -0.25) is 9.59 Å². The summed E-state index contributed by atoms with van der Waals surface area (Å²) in [5.41, 5.74) is 0.134. The van der Waals surface area contributed by atoms with Crippen LogP contribution in [-0.4, -0.2) is 29.8 Å². The average Bonchev–Trinajstić information content (AvgIpc) is 2.49. The Morgan fingerprint density at radius 1 is 1.10 bits per heavy atom. The fourth-order valence-electron chi connectivity index (χ4n) is 1.66. The highest BCUT2D eigenvalue weighted by Gasteiger charge is 2.09. The van der Waals surface area contributed by atoms with Crippen LogP contribution in [0.25, 0.3) is 0 Å². The minimum Gasteiger partial charge on any atom is -0.497 e. The van der Waals surface area contributed by atoms with Crippen molar-refractivity contribution in [2.45, 2.75) is 6.54 Å². The van der Waals surface area contributed by atoms with Gasteiger partial charge in [-0.05, 0) is 24.3 Å². The molecule has 2 rings (SSSR count). The van der Waals surface area contributed by atoms with Gasteiger partial charge in [0.05, 0.1) is 14.2 Å². The predicted molar refractivity (Wildman–Crippen MR) is 72.4 cm³/mol. The minimum absolute atomic E-state index is 0.137. The van der Waals surface area contributed by atoms with Crippen LogP contribution in [0.5, 0.6) is 11.6 Å². The van der Waals surface area contributed by atoms with E-state index in [-0.39, 0.29) is 23.8 Å². The minimum atomic E-state index is -0.354. The fourth-order valence-corrected chi connectivity index (χ4v) is 1.66. The number of benzene rings is 1. The lowest BCUT2D eigenvalue weighted by Gasteiger charge is -2.06. The molecule has 0 spiro atoms. The molecule has 0 N–H and O–H groups in total. The van der Waals surface area contributed by atoms with Gasteiger partial charge in [-0.1, -0.05) is 0 Å². The average molecular weight is 274 g/mol. The second-order valence-corrected chi connectivity index (χ2v) is 4.02. The number of ketones is 1. The quantitative estimate of drug-likeness (QED) is 0.765. The number of carbonyl (C=O) groups excluding carboxylic acids is 1. The maximum absolute atomic E-state index is 12.1. The molecule has 6 heteroatoms. The molecule has 6 nitrogen and oxygen atoms in total. The molecule has 104 valence electrons. The summed E-state index contributed by atoms with van der Waals surface area (Å²) in [6.07, 6.45) is 0. The first-order valence-electron chi connectivity index (χ1n) is 5.93. The molecule has 0 bridgehead atoms. The van der Waals surface area contributed by atoms with Gasteiger partial charge in [-0.2, -0.15) is 0 Å². The zero-order valence-electron chi connectivity index (χ0n) is 11.2. The molecule has 2 aromatic rings. The molecular formula is C14H14N2O4. The molecule has 0 atom stereocenters. The predicted octanol–water partition coefficient (Wildman–Crippen LogP) is 1.14. The van der Waals surface area contributed by atoms with Crippen molar-refractivity contribution in [2.24, 2.45) is 0 Å². The van der Waals surface area contributed by atoms with Crippen molar-refractivity contribution in [2.75, 3.05) is 14.2 Å². The van der Waals surface area contributed by atoms with E-state index in [0.29, 0.717) is 11.3 Å². The van der Waals surface area contributed by atoms with E-state index in [2.05, 4.69) is 5.10 Å². The summed E-state index contributed by atoms with van der Waals surface area (Å²) < 4.78 is 11.0. The molecule has 0 fully saturated rings. The Kier molecular flexibility index (Phi) is 4.14. The van der Waals surface area contributed by atoms with Crippen molar-refractivity contribution < 1.29 is 14.3 Å². The summed E-state index contributed by atoms with van der Waals surface area (Å²) in [6.45, 7) is -0.137. The second-order valence-electron chi connectivity index (χ2n) is 4.02. The van der Waals surface area contributed by atoms with E-state index in [0.717, 1.165) is 4.68 Å². The Labute approximate surface area is 115 Å². The van der Waals surface area contributed by atoms with Crippen LogP contribution >= 0.6 is 0 Å². The summed E-state index contributed by atoms with van der Waals surface area (Å²) in [5, 5.41) is 3.93. The smallest absolute Gasteiger partial charge is 0.267 e. The van der Waals surface area contributed by atoms with Crippen LogP contribution in [0, 0.1) is 0 Å². The Balaban J connectivity index is 2.20. The van der Waals surface area contributed by atoms with Crippen LogP contribution in [0.15, 0.2) is 41.2 Å². The lowest BCUT2D eigenvalue weighted by atomic mass is 10.1. The van der Waals surface area contributed by atoms with Crippen LogP contribution < -0.4 is 15.0 Å². The first-order valence-corrected chi connectivity index (χ1v) is 5.93. The first-order chi connectivity index (χ1) is 9.63. The fraction of sp³-hybridized carbons (Fsp3) is 0.214. The number of rotatable bonds is 5. The summed E-state index contributed by atoms with van der Waals surface area (Å²) >= 11 is 0. The summed E-state index contributed by atoms with van der Waals surface area (Å²) in [5.74, 6) is 0.737. The molecule has 0 saturated carbocycles. The largest absolute Gasteiger partial charge is 0.497 e. The lowest BCUT2D eigenvalue weighted by molar-refractivity contribution is 0.0965. The van der Waals surface area contributed by atoms with Crippen LogP contribution in [0.2, 0.25) is 0 Å². The highest BCUT2D eigenvalue weighted by Crippen LogP contribution is 2.12. The third-order valence-electron chi connectivity index (χ3n) is 2.76. The number of Topliss-reactive ketones (excluding diaryl/α,β-unsaturated/α-hetero) is 1. The van der Waals surface area contributed by atoms with Crippen LogP contribution in [0.4, 0.5) is 0 Å². The van der Waals surface area contributed by atoms with Crippen LogP contribution in [0.3, 0.4) is 0 Å². The van der Waals surface area contributed by atoms with E-state index in [9.17, 15) is 9.59 Å². The number of carbonyl (C=O) groups is 1. The number of hydrogen-bond acceptors (Lipinski definition) is 5. The van der Waals surface area contributed by atoms with Gasteiger partial charge in [-0.25, -0.2) is 4.68 Å². The van der Waals surface area contributed by atoms with Gasteiger partial charge in [0, 0.05) is 17.7 Å². The van der Waals surface area contributed by atoms with Crippen LogP contribution in [0.1, 0.15) is 10.4 Å². The molecule has 0 aliphatic carbocycles. The maximum atomic E-state index is 12.1. The zero-order chi connectivity index (χ0) is 14.5. The number of ether oxygens (including phenoxy) is 2. The van der Waals surface area contributed by atoms with Crippen molar-refractivity contribution in [3.63, 3.8) is 0 Å². The lowest BCUT2D eigenvalue weighted by Crippen LogP contribution is -2.26. The standard InChI is InChI=1S/C14H14N2O4/c1-19-11-5-3-10(4-6-11)12(17)9-16-14(18)8-7-13(15-16)20-2/h3-8H,9H2,1-2H3. The molecule has 0 aliphatic rings. The van der Waals surface area contributed by atoms with E-state index in [1.165, 1.54) is 19.2 Å². The monoisotopic (exact) mass is 274 g/mol. The Hall–Kier alpha value is -2.63. The highest BCUT2D eigenvalue weighted by atomic mass is 16.5. The van der Waals surface area contributed by atoms with Crippen LogP contribution in [-0.2, 0) is 6.54 Å². The van der Waals surface area contributed by atoms with Crippen molar-refractivity contribution in [3.05, 3.63) is 52.3 Å². The molecule has 20 heavy (non-hydrogen) atoms. The van der Waals surface area contributed by atoms with Gasteiger partial charge in [0.1, 0.15) is 12.3 Å². The zero-order valence-corrected chi connectivity index (χ0v) is 11.2. The molecule has 0 saturated heterocycles. The van der Waals surface area contributed by atoms with Gasteiger partial charge in [0.2, 0.25) is 5.88 Å². The maximum Gasteiger partial charge on any atom is 0.267 e. The van der Waals surface area contributed by atoms with E-state index >= 15 is 0 Å². The Bertz CT molecular complexity index is 662. The van der Waals surface area contributed by atoms with Crippen molar-refractivity contribution in [3.8, 4) is 11.6 Å². The highest BCUT2D eigenvalue weighted by molar-refractivity contribution is 5.95. The molecule has 1 aromatic carbocycles. The van der Waals surface area contributed by atoms with Crippen molar-refractivity contribution in [1.29, 1.82) is 0 Å². The number of methoxy groups -OCH3 is 2. The van der Waals surface area contributed by atoms with Gasteiger partial charge >= 0.3 is 0 Å². The summed E-state index contributed by atoms with van der Waals surface area (Å²) in [7, 11) is 3.00. The number of nitrogens with zero attached hydrogens (tertiary/aromatic N) is 2.